The number of hydrogen-bond donors (Lipinski definition) is 0. The molecular formula is C16H17F3N6. The van der Waals surface area contributed by atoms with Crippen LogP contribution in [0.15, 0.2) is 18.2 Å². The van der Waals surface area contributed by atoms with Crippen molar-refractivity contribution in [3.63, 3.8) is 0 Å². The van der Waals surface area contributed by atoms with Gasteiger partial charge in [0.15, 0.2) is 5.65 Å². The fourth-order valence-electron chi connectivity index (χ4n) is 3.04. The fourth-order valence-corrected chi connectivity index (χ4v) is 3.04. The quantitative estimate of drug-likeness (QED) is 0.674. The summed E-state index contributed by atoms with van der Waals surface area (Å²) in [5, 5.41) is 4.29. The van der Waals surface area contributed by atoms with Crippen LogP contribution >= 0.6 is 0 Å². The number of likely N-dealkylation sites (N-methyl/N-ethyl adjacent to an activating group) is 1. The van der Waals surface area contributed by atoms with Crippen molar-refractivity contribution in [1.82, 2.24) is 24.5 Å². The normalized spacial score (nSPS) is 16.9. The van der Waals surface area contributed by atoms with Gasteiger partial charge in [-0.3, -0.25) is 0 Å². The number of anilines is 1. The Hall–Kier alpha value is -2.42. The third-order valence-corrected chi connectivity index (χ3v) is 4.45. The number of alkyl halides is 3. The first kappa shape index (κ1) is 16.1. The molecule has 0 atom stereocenters. The van der Waals surface area contributed by atoms with Crippen molar-refractivity contribution in [3.8, 4) is 0 Å². The Morgan fingerprint density at radius 3 is 2.44 bits per heavy atom. The Morgan fingerprint density at radius 2 is 1.76 bits per heavy atom. The van der Waals surface area contributed by atoms with Gasteiger partial charge >= 0.3 is 6.18 Å². The first-order valence-electron chi connectivity index (χ1n) is 8.01. The highest BCUT2D eigenvalue weighted by Crippen LogP contribution is 2.30. The Bertz CT molecular complexity index is 940. The number of nitrogens with zero attached hydrogens (tertiary/aromatic N) is 6. The standard InChI is InChI=1S/C16H17F3N6/c1-10-3-4-12-11(9-10)13-21-14(16(17,18)19)22-25(13)15(20-12)24-7-5-23(2)6-8-24/h3-4,9H,5-8H2,1-2H3. The molecule has 1 saturated heterocycles. The van der Waals surface area contributed by atoms with Gasteiger partial charge in [0, 0.05) is 31.6 Å². The van der Waals surface area contributed by atoms with Gasteiger partial charge in [0.05, 0.1) is 5.52 Å². The van der Waals surface area contributed by atoms with Gasteiger partial charge in [0.25, 0.3) is 5.82 Å². The lowest BCUT2D eigenvalue weighted by atomic mass is 10.1. The van der Waals surface area contributed by atoms with Crippen LogP contribution in [-0.2, 0) is 6.18 Å². The number of benzene rings is 1. The zero-order chi connectivity index (χ0) is 17.8. The minimum absolute atomic E-state index is 0.190. The minimum atomic E-state index is -4.60. The number of halogens is 3. The van der Waals surface area contributed by atoms with Crippen molar-refractivity contribution in [2.75, 3.05) is 38.1 Å². The molecule has 0 unspecified atom stereocenters. The molecule has 25 heavy (non-hydrogen) atoms. The predicted molar refractivity (Wildman–Crippen MR) is 87.7 cm³/mol. The Labute approximate surface area is 141 Å². The lowest BCUT2D eigenvalue weighted by Gasteiger charge is -2.33. The van der Waals surface area contributed by atoms with Crippen LogP contribution in [0.4, 0.5) is 19.1 Å². The summed E-state index contributed by atoms with van der Waals surface area (Å²) in [6.07, 6.45) is -4.60. The zero-order valence-corrected chi connectivity index (χ0v) is 13.9. The van der Waals surface area contributed by atoms with Crippen LogP contribution in [-0.4, -0.2) is 57.7 Å². The average Bonchev–Trinajstić information content (AvgIpc) is 3.01. The molecule has 1 aliphatic rings. The van der Waals surface area contributed by atoms with Gasteiger partial charge in [-0.05, 0) is 26.1 Å². The molecule has 6 nitrogen and oxygen atoms in total. The molecule has 2 aromatic heterocycles. The summed E-state index contributed by atoms with van der Waals surface area (Å²) in [6.45, 7) is 4.87. The van der Waals surface area contributed by atoms with E-state index in [1.54, 1.807) is 6.07 Å². The molecule has 1 fully saturated rings. The minimum Gasteiger partial charge on any atom is -0.338 e. The van der Waals surface area contributed by atoms with Crippen LogP contribution in [0, 0.1) is 6.92 Å². The maximum atomic E-state index is 13.2. The van der Waals surface area contributed by atoms with Crippen molar-refractivity contribution in [3.05, 3.63) is 29.6 Å². The van der Waals surface area contributed by atoms with E-state index in [9.17, 15) is 13.2 Å². The van der Waals surface area contributed by atoms with Crippen LogP contribution in [0.5, 0.6) is 0 Å². The number of aromatic nitrogens is 4. The van der Waals surface area contributed by atoms with Gasteiger partial charge in [-0.25, -0.2) is 9.97 Å². The summed E-state index contributed by atoms with van der Waals surface area (Å²) < 4.78 is 40.7. The molecule has 9 heteroatoms. The fraction of sp³-hybridized carbons (Fsp3) is 0.438. The number of rotatable bonds is 1. The zero-order valence-electron chi connectivity index (χ0n) is 13.9. The molecule has 132 valence electrons. The van der Waals surface area contributed by atoms with Crippen LogP contribution in [0.3, 0.4) is 0 Å². The highest BCUT2D eigenvalue weighted by Gasteiger charge is 2.37. The third kappa shape index (κ3) is 2.78. The Kier molecular flexibility index (Phi) is 3.57. The van der Waals surface area contributed by atoms with Crippen molar-refractivity contribution in [1.29, 1.82) is 0 Å². The maximum absolute atomic E-state index is 13.2. The number of fused-ring (bicyclic) bond motifs is 3. The van der Waals surface area contributed by atoms with E-state index in [1.807, 2.05) is 31.0 Å². The molecule has 3 aromatic rings. The van der Waals surface area contributed by atoms with Gasteiger partial charge in [0.2, 0.25) is 5.95 Å². The van der Waals surface area contributed by atoms with Gasteiger partial charge in [0.1, 0.15) is 0 Å². The van der Waals surface area contributed by atoms with E-state index in [1.165, 1.54) is 4.52 Å². The van der Waals surface area contributed by atoms with E-state index in [0.717, 1.165) is 18.7 Å². The van der Waals surface area contributed by atoms with Crippen molar-refractivity contribution in [2.24, 2.45) is 0 Å². The third-order valence-electron chi connectivity index (χ3n) is 4.45. The summed E-state index contributed by atoms with van der Waals surface area (Å²) in [7, 11) is 2.01. The van der Waals surface area contributed by atoms with Crippen molar-refractivity contribution >= 4 is 22.5 Å². The van der Waals surface area contributed by atoms with E-state index in [4.69, 9.17) is 0 Å². The topological polar surface area (TPSA) is 49.6 Å². The highest BCUT2D eigenvalue weighted by molar-refractivity contribution is 5.92. The first-order chi connectivity index (χ1) is 11.8. The van der Waals surface area contributed by atoms with E-state index in [2.05, 4.69) is 20.0 Å². The molecule has 0 spiro atoms. The molecule has 1 aliphatic heterocycles. The molecule has 0 aliphatic carbocycles. The maximum Gasteiger partial charge on any atom is 0.453 e. The second-order valence-electron chi connectivity index (χ2n) is 6.39. The molecule has 0 amide bonds. The average molecular weight is 350 g/mol. The molecule has 1 aromatic carbocycles. The molecule has 0 radical (unpaired) electrons. The summed E-state index contributed by atoms with van der Waals surface area (Å²) in [4.78, 5) is 12.5. The molecule has 0 saturated carbocycles. The van der Waals surface area contributed by atoms with Crippen LogP contribution < -0.4 is 4.90 Å². The van der Waals surface area contributed by atoms with E-state index < -0.39 is 12.0 Å². The van der Waals surface area contributed by atoms with Crippen LogP contribution in [0.1, 0.15) is 11.4 Å². The smallest absolute Gasteiger partial charge is 0.338 e. The van der Waals surface area contributed by atoms with Crippen LogP contribution in [0.25, 0.3) is 16.6 Å². The van der Waals surface area contributed by atoms with Gasteiger partial charge in [-0.2, -0.15) is 17.7 Å². The predicted octanol–water partition coefficient (Wildman–Crippen LogP) is 2.36. The largest absolute Gasteiger partial charge is 0.453 e. The Balaban J connectivity index is 1.97. The second-order valence-corrected chi connectivity index (χ2v) is 6.39. The second kappa shape index (κ2) is 5.55. The van der Waals surface area contributed by atoms with Crippen molar-refractivity contribution < 1.29 is 13.2 Å². The summed E-state index contributed by atoms with van der Waals surface area (Å²) in [6, 6.07) is 5.49. The first-order valence-corrected chi connectivity index (χ1v) is 8.01. The van der Waals surface area contributed by atoms with Gasteiger partial charge in [-0.15, -0.1) is 5.10 Å². The summed E-state index contributed by atoms with van der Waals surface area (Å²) in [5.41, 5.74) is 1.74. The molecule has 3 heterocycles. The lowest BCUT2D eigenvalue weighted by Crippen LogP contribution is -2.45. The van der Waals surface area contributed by atoms with E-state index >= 15 is 0 Å². The van der Waals surface area contributed by atoms with E-state index in [-0.39, 0.29) is 5.65 Å². The Morgan fingerprint density at radius 1 is 1.04 bits per heavy atom. The van der Waals surface area contributed by atoms with Gasteiger partial charge in [-0.1, -0.05) is 11.6 Å². The monoisotopic (exact) mass is 350 g/mol. The number of hydrogen-bond acceptors (Lipinski definition) is 5. The number of aryl methyl sites for hydroxylation is 1. The molecule has 0 bridgehead atoms. The number of piperazine rings is 1. The lowest BCUT2D eigenvalue weighted by molar-refractivity contribution is -0.144. The molecular weight excluding hydrogens is 333 g/mol. The van der Waals surface area contributed by atoms with E-state index in [0.29, 0.717) is 29.9 Å². The van der Waals surface area contributed by atoms with Crippen LogP contribution in [0.2, 0.25) is 0 Å². The van der Waals surface area contributed by atoms with Gasteiger partial charge < -0.3 is 9.80 Å². The summed E-state index contributed by atoms with van der Waals surface area (Å²) in [5.74, 6) is -0.735. The molecule has 0 N–H and O–H groups in total. The SMILES string of the molecule is Cc1ccc2nc(N3CCN(C)CC3)n3nc(C(F)(F)F)nc3c2c1. The van der Waals surface area contributed by atoms with Crippen molar-refractivity contribution in [2.45, 2.75) is 13.1 Å². The summed E-state index contributed by atoms with van der Waals surface area (Å²) >= 11 is 0. The highest BCUT2D eigenvalue weighted by atomic mass is 19.4. The molecule has 4 rings (SSSR count).